The van der Waals surface area contributed by atoms with Crippen LogP contribution in [0.5, 0.6) is 0 Å². The van der Waals surface area contributed by atoms with E-state index in [4.69, 9.17) is 5.26 Å². The van der Waals surface area contributed by atoms with E-state index in [1.165, 1.54) is 0 Å². The van der Waals surface area contributed by atoms with Crippen molar-refractivity contribution in [3.05, 3.63) is 53.9 Å². The van der Waals surface area contributed by atoms with Crippen LogP contribution in [0.4, 0.5) is 11.4 Å². The van der Waals surface area contributed by atoms with Gasteiger partial charge in [-0.2, -0.15) is 5.26 Å². The van der Waals surface area contributed by atoms with Crippen LogP contribution >= 0.6 is 0 Å². The Balaban J connectivity index is 1.95. The molecule has 6 nitrogen and oxygen atoms in total. The quantitative estimate of drug-likeness (QED) is 0.765. The molecule has 0 saturated carbocycles. The van der Waals surface area contributed by atoms with E-state index >= 15 is 0 Å². The van der Waals surface area contributed by atoms with Crippen molar-refractivity contribution in [1.29, 1.82) is 5.26 Å². The lowest BCUT2D eigenvalue weighted by Crippen LogP contribution is -2.27. The summed E-state index contributed by atoms with van der Waals surface area (Å²) in [6.07, 6.45) is 2.49. The summed E-state index contributed by atoms with van der Waals surface area (Å²) in [4.78, 5) is 18.3. The van der Waals surface area contributed by atoms with Gasteiger partial charge in [-0.25, -0.2) is 0 Å². The standard InChI is InChI=1S/C18H21N5O/c1-23(2)11-3-9-21-18(24)17-12-16(8-10-20-17)22-15-6-4-14(13-19)5-7-15/h4-8,10,12H,3,9,11H2,1-2H3,(H,20,22)(H,21,24). The second-order valence-electron chi connectivity index (χ2n) is 5.66. The van der Waals surface area contributed by atoms with Gasteiger partial charge in [-0.1, -0.05) is 0 Å². The van der Waals surface area contributed by atoms with Gasteiger partial charge in [0.2, 0.25) is 0 Å². The summed E-state index contributed by atoms with van der Waals surface area (Å²) in [7, 11) is 4.00. The van der Waals surface area contributed by atoms with Gasteiger partial charge in [-0.05, 0) is 63.5 Å². The number of benzene rings is 1. The number of anilines is 2. The van der Waals surface area contributed by atoms with Crippen molar-refractivity contribution in [2.45, 2.75) is 6.42 Å². The van der Waals surface area contributed by atoms with Gasteiger partial charge in [0.1, 0.15) is 5.69 Å². The molecular formula is C18H21N5O. The van der Waals surface area contributed by atoms with Crippen LogP contribution in [0.2, 0.25) is 0 Å². The van der Waals surface area contributed by atoms with Crippen molar-refractivity contribution in [2.24, 2.45) is 0 Å². The zero-order chi connectivity index (χ0) is 17.4. The van der Waals surface area contributed by atoms with Crippen LogP contribution in [-0.2, 0) is 0 Å². The van der Waals surface area contributed by atoms with Crippen LogP contribution in [0, 0.1) is 11.3 Å². The van der Waals surface area contributed by atoms with Crippen molar-refractivity contribution >= 4 is 17.3 Å². The van der Waals surface area contributed by atoms with E-state index in [-0.39, 0.29) is 5.91 Å². The summed E-state index contributed by atoms with van der Waals surface area (Å²) in [6, 6.07) is 12.7. The zero-order valence-electron chi connectivity index (χ0n) is 13.9. The molecule has 0 radical (unpaired) electrons. The van der Waals surface area contributed by atoms with E-state index < -0.39 is 0 Å². The molecule has 0 aliphatic carbocycles. The maximum Gasteiger partial charge on any atom is 0.269 e. The number of hydrogen-bond donors (Lipinski definition) is 2. The summed E-state index contributed by atoms with van der Waals surface area (Å²) in [6.45, 7) is 1.54. The fraction of sp³-hybridized carbons (Fsp3) is 0.278. The normalized spacial score (nSPS) is 10.2. The highest BCUT2D eigenvalue weighted by atomic mass is 16.1. The second kappa shape index (κ2) is 8.65. The topological polar surface area (TPSA) is 81.0 Å². The molecule has 0 atom stereocenters. The van der Waals surface area contributed by atoms with Crippen LogP contribution in [-0.4, -0.2) is 43.0 Å². The lowest BCUT2D eigenvalue weighted by Gasteiger charge is -2.10. The molecule has 2 aromatic rings. The molecule has 124 valence electrons. The molecule has 1 amide bonds. The summed E-state index contributed by atoms with van der Waals surface area (Å²) >= 11 is 0. The number of nitrogens with zero attached hydrogens (tertiary/aromatic N) is 3. The number of aromatic nitrogens is 1. The maximum absolute atomic E-state index is 12.1. The average Bonchev–Trinajstić information content (AvgIpc) is 2.59. The van der Waals surface area contributed by atoms with Crippen LogP contribution in [0.15, 0.2) is 42.6 Å². The minimum absolute atomic E-state index is 0.183. The highest BCUT2D eigenvalue weighted by Gasteiger charge is 2.07. The second-order valence-corrected chi connectivity index (χ2v) is 5.66. The van der Waals surface area contributed by atoms with E-state index in [0.717, 1.165) is 24.3 Å². The molecule has 0 aliphatic rings. The van der Waals surface area contributed by atoms with Gasteiger partial charge in [-0.15, -0.1) is 0 Å². The fourth-order valence-electron chi connectivity index (χ4n) is 2.11. The number of carbonyl (C=O) groups excluding carboxylic acids is 1. The predicted octanol–water partition coefficient (Wildman–Crippen LogP) is 2.38. The Hall–Kier alpha value is -2.91. The number of rotatable bonds is 7. The molecule has 1 aromatic heterocycles. The van der Waals surface area contributed by atoms with Crippen LogP contribution in [0.25, 0.3) is 0 Å². The molecule has 6 heteroatoms. The number of nitriles is 1. The average molecular weight is 323 g/mol. The number of hydrogen-bond acceptors (Lipinski definition) is 5. The third-order valence-corrected chi connectivity index (χ3v) is 3.36. The summed E-state index contributed by atoms with van der Waals surface area (Å²) in [5.41, 5.74) is 2.59. The largest absolute Gasteiger partial charge is 0.355 e. The summed E-state index contributed by atoms with van der Waals surface area (Å²) < 4.78 is 0. The Morgan fingerprint density at radius 3 is 2.62 bits per heavy atom. The van der Waals surface area contributed by atoms with Gasteiger partial charge in [0.05, 0.1) is 11.6 Å². The predicted molar refractivity (Wildman–Crippen MR) is 94.2 cm³/mol. The Morgan fingerprint density at radius 1 is 1.21 bits per heavy atom. The van der Waals surface area contributed by atoms with Crippen LogP contribution in [0.3, 0.4) is 0 Å². The first-order valence-corrected chi connectivity index (χ1v) is 7.74. The Morgan fingerprint density at radius 2 is 1.96 bits per heavy atom. The molecule has 0 bridgehead atoms. The van der Waals surface area contributed by atoms with E-state index in [1.54, 1.807) is 30.5 Å². The van der Waals surface area contributed by atoms with E-state index in [2.05, 4.69) is 26.6 Å². The van der Waals surface area contributed by atoms with Crippen molar-refractivity contribution in [2.75, 3.05) is 32.5 Å². The first-order chi connectivity index (χ1) is 11.6. The maximum atomic E-state index is 12.1. The number of pyridine rings is 1. The molecule has 1 heterocycles. The monoisotopic (exact) mass is 323 g/mol. The summed E-state index contributed by atoms with van der Waals surface area (Å²) in [5, 5.41) is 14.9. The smallest absolute Gasteiger partial charge is 0.269 e. The van der Waals surface area contributed by atoms with Crippen molar-refractivity contribution in [1.82, 2.24) is 15.2 Å². The molecule has 2 N–H and O–H groups in total. The zero-order valence-corrected chi connectivity index (χ0v) is 13.9. The molecule has 1 aromatic carbocycles. The molecule has 0 fully saturated rings. The molecule has 0 unspecified atom stereocenters. The Labute approximate surface area is 142 Å². The highest BCUT2D eigenvalue weighted by Crippen LogP contribution is 2.17. The van der Waals surface area contributed by atoms with Gasteiger partial charge in [0.25, 0.3) is 5.91 Å². The van der Waals surface area contributed by atoms with Gasteiger partial charge >= 0.3 is 0 Å². The van der Waals surface area contributed by atoms with E-state index in [9.17, 15) is 4.79 Å². The van der Waals surface area contributed by atoms with Gasteiger partial charge < -0.3 is 15.5 Å². The molecule has 0 saturated heterocycles. The molecule has 24 heavy (non-hydrogen) atoms. The van der Waals surface area contributed by atoms with Gasteiger partial charge in [-0.3, -0.25) is 9.78 Å². The SMILES string of the molecule is CN(C)CCCNC(=O)c1cc(Nc2ccc(C#N)cc2)ccn1. The third-order valence-electron chi connectivity index (χ3n) is 3.36. The van der Waals surface area contributed by atoms with Crippen molar-refractivity contribution < 1.29 is 4.79 Å². The lowest BCUT2D eigenvalue weighted by molar-refractivity contribution is 0.0947. The minimum Gasteiger partial charge on any atom is -0.355 e. The third kappa shape index (κ3) is 5.38. The first-order valence-electron chi connectivity index (χ1n) is 7.74. The van der Waals surface area contributed by atoms with Gasteiger partial charge in [0.15, 0.2) is 0 Å². The summed E-state index contributed by atoms with van der Waals surface area (Å²) in [5.74, 6) is -0.183. The van der Waals surface area contributed by atoms with Crippen molar-refractivity contribution in [3.8, 4) is 6.07 Å². The minimum atomic E-state index is -0.183. The highest BCUT2D eigenvalue weighted by molar-refractivity contribution is 5.93. The molecule has 0 spiro atoms. The van der Waals surface area contributed by atoms with E-state index in [1.807, 2.05) is 26.2 Å². The lowest BCUT2D eigenvalue weighted by atomic mass is 10.2. The fourth-order valence-corrected chi connectivity index (χ4v) is 2.11. The van der Waals surface area contributed by atoms with Gasteiger partial charge in [0, 0.05) is 24.1 Å². The Bertz CT molecular complexity index is 719. The first kappa shape index (κ1) is 17.4. The molecule has 2 rings (SSSR count). The number of carbonyl (C=O) groups is 1. The Kier molecular flexibility index (Phi) is 6.29. The number of amides is 1. The van der Waals surface area contributed by atoms with Crippen LogP contribution < -0.4 is 10.6 Å². The number of nitrogens with one attached hydrogen (secondary N) is 2. The molecular weight excluding hydrogens is 302 g/mol. The molecule has 0 aliphatic heterocycles. The van der Waals surface area contributed by atoms with Crippen molar-refractivity contribution in [3.63, 3.8) is 0 Å². The van der Waals surface area contributed by atoms with E-state index in [0.29, 0.717) is 17.8 Å². The van der Waals surface area contributed by atoms with Crippen LogP contribution in [0.1, 0.15) is 22.5 Å².